The van der Waals surface area contributed by atoms with Crippen LogP contribution in [0.25, 0.3) is 11.3 Å². The van der Waals surface area contributed by atoms with Gasteiger partial charge in [-0.3, -0.25) is 4.98 Å². The number of hydrogen-bond acceptors (Lipinski definition) is 6. The van der Waals surface area contributed by atoms with Gasteiger partial charge in [0.15, 0.2) is 5.60 Å². The van der Waals surface area contributed by atoms with Gasteiger partial charge in [-0.1, -0.05) is 17.3 Å². The summed E-state index contributed by atoms with van der Waals surface area (Å²) in [7, 11) is 0. The Hall–Kier alpha value is -3.49. The Morgan fingerprint density at radius 2 is 1.79 bits per heavy atom. The fourth-order valence-corrected chi connectivity index (χ4v) is 2.88. The van der Waals surface area contributed by atoms with Gasteiger partial charge in [-0.2, -0.15) is 0 Å². The third kappa shape index (κ3) is 4.34. The van der Waals surface area contributed by atoms with Crippen LogP contribution in [0.15, 0.2) is 70.8 Å². The second-order valence-corrected chi connectivity index (χ2v) is 6.55. The molecule has 150 valence electrons. The first-order chi connectivity index (χ1) is 13.8. The average Bonchev–Trinajstić information content (AvgIpc) is 3.33. The van der Waals surface area contributed by atoms with Crippen LogP contribution in [0.5, 0.6) is 11.5 Å². The molecule has 0 spiro atoms. The number of hydrogen-bond donors (Lipinski definition) is 0. The number of aromatic nitrogens is 1. The Labute approximate surface area is 163 Å². The summed E-state index contributed by atoms with van der Waals surface area (Å²) >= 11 is 0. The minimum atomic E-state index is -4.74. The molecule has 0 saturated carbocycles. The monoisotopic (exact) mass is 404 g/mol. The van der Waals surface area contributed by atoms with Gasteiger partial charge in [0, 0.05) is 5.56 Å². The molecule has 1 aliphatic heterocycles. The molecule has 0 aliphatic carbocycles. The van der Waals surface area contributed by atoms with Crippen LogP contribution in [0.2, 0.25) is 0 Å². The molecule has 1 aromatic carbocycles. The number of ether oxygens (including phenoxy) is 2. The topological polar surface area (TPSA) is 66.1 Å². The summed E-state index contributed by atoms with van der Waals surface area (Å²) in [6.45, 7) is 1.77. The first kappa shape index (κ1) is 18.9. The second-order valence-electron chi connectivity index (χ2n) is 6.55. The summed E-state index contributed by atoms with van der Waals surface area (Å²) in [5.41, 5.74) is 1.36. The van der Waals surface area contributed by atoms with E-state index in [1.807, 2.05) is 0 Å². The largest absolute Gasteiger partial charge is 0.573 e. The number of halogens is 3. The summed E-state index contributed by atoms with van der Waals surface area (Å²) < 4.78 is 51.5. The molecule has 0 unspecified atom stereocenters. The highest BCUT2D eigenvalue weighted by Crippen LogP contribution is 2.36. The van der Waals surface area contributed by atoms with Gasteiger partial charge in [0.2, 0.25) is 5.90 Å². The summed E-state index contributed by atoms with van der Waals surface area (Å²) in [6.07, 6.45) is 0.281. The Balaban J connectivity index is 1.40. The summed E-state index contributed by atoms with van der Waals surface area (Å²) in [6, 6.07) is 10.8. The van der Waals surface area contributed by atoms with Crippen LogP contribution >= 0.6 is 0 Å². The van der Waals surface area contributed by atoms with Gasteiger partial charge in [-0.25, -0.2) is 0 Å². The van der Waals surface area contributed by atoms with E-state index in [9.17, 15) is 13.2 Å². The van der Waals surface area contributed by atoms with Gasteiger partial charge in [-0.15, -0.1) is 13.2 Å². The zero-order valence-corrected chi connectivity index (χ0v) is 15.1. The van der Waals surface area contributed by atoms with E-state index in [0.717, 1.165) is 11.3 Å². The molecule has 1 atom stereocenters. The highest BCUT2D eigenvalue weighted by Gasteiger charge is 2.38. The Morgan fingerprint density at radius 3 is 2.41 bits per heavy atom. The Bertz CT molecular complexity index is 1000. The molecule has 3 heterocycles. The van der Waals surface area contributed by atoms with Gasteiger partial charge < -0.3 is 18.7 Å². The van der Waals surface area contributed by atoms with Gasteiger partial charge in [0.1, 0.15) is 11.5 Å². The van der Waals surface area contributed by atoms with E-state index in [0.29, 0.717) is 23.6 Å². The highest BCUT2D eigenvalue weighted by molar-refractivity contribution is 5.80. The van der Waals surface area contributed by atoms with Crippen LogP contribution in [0.4, 0.5) is 13.2 Å². The number of pyridine rings is 1. The number of oxime groups is 1. The molecule has 0 fully saturated rings. The highest BCUT2D eigenvalue weighted by atomic mass is 19.4. The molecular formula is C20H15F3N2O4. The molecular weight excluding hydrogens is 389 g/mol. The van der Waals surface area contributed by atoms with Crippen LogP contribution in [0.3, 0.4) is 0 Å². The van der Waals surface area contributed by atoms with Crippen molar-refractivity contribution in [1.29, 1.82) is 0 Å². The third-order valence-corrected chi connectivity index (χ3v) is 4.32. The molecule has 9 heteroatoms. The van der Waals surface area contributed by atoms with Gasteiger partial charge in [0.05, 0.1) is 30.8 Å². The van der Waals surface area contributed by atoms with E-state index in [4.69, 9.17) is 14.0 Å². The van der Waals surface area contributed by atoms with Crippen LogP contribution < -0.4 is 9.47 Å². The lowest BCUT2D eigenvalue weighted by atomic mass is 9.93. The summed E-state index contributed by atoms with van der Waals surface area (Å²) in [5.74, 6) is 0.516. The Kier molecular flexibility index (Phi) is 4.65. The predicted molar refractivity (Wildman–Crippen MR) is 96.2 cm³/mol. The molecule has 4 rings (SSSR count). The van der Waals surface area contributed by atoms with Crippen molar-refractivity contribution in [2.45, 2.75) is 25.3 Å². The lowest BCUT2D eigenvalue weighted by molar-refractivity contribution is -0.274. The van der Waals surface area contributed by atoms with Crippen LogP contribution in [-0.4, -0.2) is 17.2 Å². The number of alkyl halides is 3. The zero-order valence-electron chi connectivity index (χ0n) is 15.1. The van der Waals surface area contributed by atoms with Crippen molar-refractivity contribution < 1.29 is 31.9 Å². The molecule has 6 nitrogen and oxygen atoms in total. The number of rotatable bonds is 4. The van der Waals surface area contributed by atoms with E-state index >= 15 is 0 Å². The fraction of sp³-hybridized carbons (Fsp3) is 0.200. The van der Waals surface area contributed by atoms with Gasteiger partial charge >= 0.3 is 6.36 Å². The van der Waals surface area contributed by atoms with Crippen molar-refractivity contribution in [2.75, 3.05) is 0 Å². The Morgan fingerprint density at radius 1 is 1.03 bits per heavy atom. The molecule has 0 amide bonds. The predicted octanol–water partition coefficient (Wildman–Crippen LogP) is 5.27. The maximum Gasteiger partial charge on any atom is 0.573 e. The second kappa shape index (κ2) is 7.16. The first-order valence-corrected chi connectivity index (χ1v) is 8.59. The van der Waals surface area contributed by atoms with E-state index < -0.39 is 12.0 Å². The van der Waals surface area contributed by atoms with E-state index in [1.165, 1.54) is 24.3 Å². The molecule has 0 radical (unpaired) electrons. The molecule has 0 saturated heterocycles. The molecule has 3 aromatic rings. The van der Waals surface area contributed by atoms with Crippen molar-refractivity contribution in [3.63, 3.8) is 0 Å². The van der Waals surface area contributed by atoms with Crippen LogP contribution in [-0.2, 0) is 10.4 Å². The maximum absolute atomic E-state index is 12.3. The maximum atomic E-state index is 12.3. The van der Waals surface area contributed by atoms with Crippen LogP contribution in [0, 0.1) is 0 Å². The van der Waals surface area contributed by atoms with Crippen molar-refractivity contribution in [2.24, 2.45) is 5.16 Å². The lowest BCUT2D eigenvalue weighted by Crippen LogP contribution is -2.23. The van der Waals surface area contributed by atoms with Crippen molar-refractivity contribution in [3.05, 3.63) is 66.8 Å². The van der Waals surface area contributed by atoms with Crippen molar-refractivity contribution in [3.8, 4) is 22.8 Å². The zero-order chi connectivity index (χ0) is 20.5. The summed E-state index contributed by atoms with van der Waals surface area (Å²) in [5, 5.41) is 3.96. The third-order valence-electron chi connectivity index (χ3n) is 4.32. The molecule has 29 heavy (non-hydrogen) atoms. The average molecular weight is 404 g/mol. The van der Waals surface area contributed by atoms with Crippen molar-refractivity contribution >= 4 is 5.90 Å². The molecule has 1 aliphatic rings. The van der Waals surface area contributed by atoms with Gasteiger partial charge in [0.25, 0.3) is 0 Å². The normalized spacial score (nSPS) is 18.8. The molecule has 2 aromatic heterocycles. The smallest absolute Gasteiger partial charge is 0.472 e. The minimum absolute atomic E-state index is 0.302. The lowest BCUT2D eigenvalue weighted by Gasteiger charge is -2.21. The number of furan rings is 1. The number of benzene rings is 1. The van der Waals surface area contributed by atoms with Crippen LogP contribution in [0.1, 0.15) is 18.9 Å². The van der Waals surface area contributed by atoms with E-state index in [1.54, 1.807) is 43.8 Å². The van der Waals surface area contributed by atoms with E-state index in [2.05, 4.69) is 14.9 Å². The number of nitrogens with zero attached hydrogens (tertiary/aromatic N) is 2. The molecule has 0 bridgehead atoms. The SMILES string of the molecule is C[C@]1(c2ccc(OC(F)(F)F)cc2)CC(Oc2ccc(-c3ccoc3)nc2)=NO1. The van der Waals surface area contributed by atoms with E-state index in [-0.39, 0.29) is 5.75 Å². The van der Waals surface area contributed by atoms with Gasteiger partial charge in [-0.05, 0) is 42.8 Å². The quantitative estimate of drug-likeness (QED) is 0.593. The summed E-state index contributed by atoms with van der Waals surface area (Å²) in [4.78, 5) is 9.81. The standard InChI is InChI=1S/C20H15F3N2O4/c1-19(14-2-4-15(5-3-14)28-20(21,22)23)10-18(25-29-19)27-16-6-7-17(24-11-16)13-8-9-26-12-13/h2-9,11-12H,10H2,1H3/t19-/m1/s1. The first-order valence-electron chi connectivity index (χ1n) is 8.59. The fourth-order valence-electron chi connectivity index (χ4n) is 2.88. The minimum Gasteiger partial charge on any atom is -0.472 e. The molecule has 0 N–H and O–H groups in total. The van der Waals surface area contributed by atoms with Crippen molar-refractivity contribution in [1.82, 2.24) is 4.98 Å².